The SMILES string of the molecule is C=C(C)[C@H]1C=CC=C2CCC[C@H](C)[C@]21C. The Hall–Kier alpha value is -0.780. The molecule has 0 radical (unpaired) electrons. The summed E-state index contributed by atoms with van der Waals surface area (Å²) in [6.07, 6.45) is 10.9. The Morgan fingerprint density at radius 1 is 1.53 bits per heavy atom. The fourth-order valence-corrected chi connectivity index (χ4v) is 3.41. The molecule has 0 spiro atoms. The van der Waals surface area contributed by atoms with Crippen molar-refractivity contribution in [2.45, 2.75) is 40.0 Å². The molecule has 0 aromatic carbocycles. The highest BCUT2D eigenvalue weighted by Crippen LogP contribution is 2.53. The molecule has 0 heterocycles. The van der Waals surface area contributed by atoms with Crippen molar-refractivity contribution in [3.8, 4) is 0 Å². The molecule has 15 heavy (non-hydrogen) atoms. The molecule has 0 unspecified atom stereocenters. The van der Waals surface area contributed by atoms with Gasteiger partial charge in [-0.15, -0.1) is 0 Å². The maximum absolute atomic E-state index is 4.17. The first-order valence-corrected chi connectivity index (χ1v) is 6.10. The van der Waals surface area contributed by atoms with Crippen molar-refractivity contribution >= 4 is 0 Å². The molecular weight excluding hydrogens is 180 g/mol. The van der Waals surface area contributed by atoms with E-state index >= 15 is 0 Å². The maximum atomic E-state index is 4.17. The fraction of sp³-hybridized carbons (Fsp3) is 0.600. The van der Waals surface area contributed by atoms with Gasteiger partial charge in [-0.2, -0.15) is 0 Å². The second-order valence-electron chi connectivity index (χ2n) is 5.48. The second-order valence-corrected chi connectivity index (χ2v) is 5.48. The van der Waals surface area contributed by atoms with Crippen LogP contribution in [0.5, 0.6) is 0 Å². The van der Waals surface area contributed by atoms with Crippen LogP contribution in [0.4, 0.5) is 0 Å². The topological polar surface area (TPSA) is 0 Å². The van der Waals surface area contributed by atoms with Crippen LogP contribution in [0.15, 0.2) is 36.0 Å². The molecule has 3 atom stereocenters. The first-order valence-electron chi connectivity index (χ1n) is 6.10. The van der Waals surface area contributed by atoms with E-state index in [0.717, 1.165) is 5.92 Å². The third kappa shape index (κ3) is 1.51. The molecule has 2 rings (SSSR count). The average molecular weight is 202 g/mol. The van der Waals surface area contributed by atoms with Crippen molar-refractivity contribution in [1.29, 1.82) is 0 Å². The second kappa shape index (κ2) is 3.66. The van der Waals surface area contributed by atoms with Gasteiger partial charge in [-0.3, -0.25) is 0 Å². The van der Waals surface area contributed by atoms with E-state index in [0.29, 0.717) is 11.3 Å². The third-order valence-electron chi connectivity index (χ3n) is 4.58. The molecule has 0 aromatic heterocycles. The number of allylic oxidation sites excluding steroid dienone is 5. The van der Waals surface area contributed by atoms with Gasteiger partial charge < -0.3 is 0 Å². The van der Waals surface area contributed by atoms with Gasteiger partial charge in [0.25, 0.3) is 0 Å². The predicted molar refractivity (Wildman–Crippen MR) is 66.6 cm³/mol. The van der Waals surface area contributed by atoms with Gasteiger partial charge in [0.1, 0.15) is 0 Å². The van der Waals surface area contributed by atoms with Crippen molar-refractivity contribution in [3.05, 3.63) is 36.0 Å². The lowest BCUT2D eigenvalue weighted by molar-refractivity contribution is 0.157. The van der Waals surface area contributed by atoms with Crippen LogP contribution < -0.4 is 0 Å². The normalized spacial score (nSPS) is 39.5. The van der Waals surface area contributed by atoms with Crippen molar-refractivity contribution in [1.82, 2.24) is 0 Å². The molecule has 1 fully saturated rings. The summed E-state index contributed by atoms with van der Waals surface area (Å²) in [5.74, 6) is 1.33. The first-order chi connectivity index (χ1) is 7.06. The van der Waals surface area contributed by atoms with E-state index in [1.54, 1.807) is 5.57 Å². The smallest absolute Gasteiger partial charge is 0.00682 e. The summed E-state index contributed by atoms with van der Waals surface area (Å²) in [5.41, 5.74) is 3.31. The molecule has 0 nitrogen and oxygen atoms in total. The van der Waals surface area contributed by atoms with E-state index in [4.69, 9.17) is 0 Å². The lowest BCUT2D eigenvalue weighted by Crippen LogP contribution is -2.39. The zero-order valence-corrected chi connectivity index (χ0v) is 10.2. The van der Waals surface area contributed by atoms with Gasteiger partial charge in [0.05, 0.1) is 0 Å². The Balaban J connectivity index is 2.42. The van der Waals surface area contributed by atoms with E-state index in [-0.39, 0.29) is 0 Å². The Labute approximate surface area is 93.8 Å². The maximum Gasteiger partial charge on any atom is 0.00682 e. The van der Waals surface area contributed by atoms with Gasteiger partial charge in [0.15, 0.2) is 0 Å². The van der Waals surface area contributed by atoms with Crippen molar-refractivity contribution in [3.63, 3.8) is 0 Å². The largest absolute Gasteiger partial charge is 0.0995 e. The highest BCUT2D eigenvalue weighted by Gasteiger charge is 2.43. The molecule has 0 N–H and O–H groups in total. The molecule has 82 valence electrons. The van der Waals surface area contributed by atoms with Crippen LogP contribution in [0.1, 0.15) is 40.0 Å². The molecule has 2 aliphatic rings. The number of hydrogen-bond donors (Lipinski definition) is 0. The van der Waals surface area contributed by atoms with E-state index in [2.05, 4.69) is 45.6 Å². The molecule has 0 amide bonds. The van der Waals surface area contributed by atoms with Gasteiger partial charge in [0.2, 0.25) is 0 Å². The third-order valence-corrected chi connectivity index (χ3v) is 4.58. The highest BCUT2D eigenvalue weighted by molar-refractivity contribution is 5.34. The summed E-state index contributed by atoms with van der Waals surface area (Å²) in [6, 6.07) is 0. The number of hydrogen-bond acceptors (Lipinski definition) is 0. The van der Waals surface area contributed by atoms with Crippen LogP contribution in [0.3, 0.4) is 0 Å². The summed E-state index contributed by atoms with van der Waals surface area (Å²) < 4.78 is 0. The molecule has 1 saturated carbocycles. The van der Waals surface area contributed by atoms with Crippen LogP contribution in [0, 0.1) is 17.3 Å². The molecule has 0 aromatic rings. The zero-order chi connectivity index (χ0) is 11.1. The lowest BCUT2D eigenvalue weighted by atomic mass is 9.56. The lowest BCUT2D eigenvalue weighted by Gasteiger charge is -2.48. The Kier molecular flexibility index (Phi) is 2.62. The summed E-state index contributed by atoms with van der Waals surface area (Å²) in [6.45, 7) is 11.2. The van der Waals surface area contributed by atoms with Crippen LogP contribution in [0.2, 0.25) is 0 Å². The molecule has 0 bridgehead atoms. The fourth-order valence-electron chi connectivity index (χ4n) is 3.41. The molecular formula is C15H22. The summed E-state index contributed by atoms with van der Waals surface area (Å²) >= 11 is 0. The summed E-state index contributed by atoms with van der Waals surface area (Å²) in [5, 5.41) is 0. The van der Waals surface area contributed by atoms with E-state index in [1.807, 2.05) is 0 Å². The molecule has 0 saturated heterocycles. The van der Waals surface area contributed by atoms with Gasteiger partial charge in [-0.25, -0.2) is 0 Å². The Morgan fingerprint density at radius 2 is 2.27 bits per heavy atom. The monoisotopic (exact) mass is 202 g/mol. The molecule has 0 heteroatoms. The standard InChI is InChI=1S/C15H22/c1-11(2)14-10-6-9-13-8-5-7-12(3)15(13,14)4/h6,9-10,12,14H,1,5,7-8H2,2-4H3/t12-,14+,15+/m0/s1. The zero-order valence-electron chi connectivity index (χ0n) is 10.2. The van der Waals surface area contributed by atoms with E-state index < -0.39 is 0 Å². The minimum atomic E-state index is 0.346. The Bertz CT molecular complexity index is 332. The predicted octanol–water partition coefficient (Wildman–Crippen LogP) is 4.50. The first kappa shape index (κ1) is 10.7. The average Bonchev–Trinajstić information content (AvgIpc) is 2.18. The van der Waals surface area contributed by atoms with E-state index in [9.17, 15) is 0 Å². The van der Waals surface area contributed by atoms with Gasteiger partial charge in [0, 0.05) is 11.3 Å². The Morgan fingerprint density at radius 3 is 2.93 bits per heavy atom. The van der Waals surface area contributed by atoms with Crippen molar-refractivity contribution in [2.24, 2.45) is 17.3 Å². The molecule has 0 aliphatic heterocycles. The van der Waals surface area contributed by atoms with Gasteiger partial charge in [-0.1, -0.05) is 49.8 Å². The van der Waals surface area contributed by atoms with Crippen LogP contribution in [-0.2, 0) is 0 Å². The minimum absolute atomic E-state index is 0.346. The van der Waals surface area contributed by atoms with Gasteiger partial charge >= 0.3 is 0 Å². The quantitative estimate of drug-likeness (QED) is 0.549. The van der Waals surface area contributed by atoms with Crippen molar-refractivity contribution < 1.29 is 0 Å². The summed E-state index contributed by atoms with van der Waals surface area (Å²) in [4.78, 5) is 0. The van der Waals surface area contributed by atoms with Crippen LogP contribution in [-0.4, -0.2) is 0 Å². The molecule has 2 aliphatic carbocycles. The van der Waals surface area contributed by atoms with Crippen LogP contribution in [0.25, 0.3) is 0 Å². The highest BCUT2D eigenvalue weighted by atomic mass is 14.5. The summed E-state index contributed by atoms with van der Waals surface area (Å²) in [7, 11) is 0. The van der Waals surface area contributed by atoms with Crippen LogP contribution >= 0.6 is 0 Å². The minimum Gasteiger partial charge on any atom is -0.0995 e. The van der Waals surface area contributed by atoms with Crippen molar-refractivity contribution in [2.75, 3.05) is 0 Å². The van der Waals surface area contributed by atoms with E-state index in [1.165, 1.54) is 24.8 Å². The number of fused-ring (bicyclic) bond motifs is 1. The van der Waals surface area contributed by atoms with Gasteiger partial charge in [-0.05, 0) is 32.1 Å². The number of rotatable bonds is 1.